The maximum atomic E-state index is 9.06. The minimum absolute atomic E-state index is 0.596. The summed E-state index contributed by atoms with van der Waals surface area (Å²) >= 11 is 0. The second-order valence-electron chi connectivity index (χ2n) is 5.68. The Morgan fingerprint density at radius 3 is 2.84 bits per heavy atom. The summed E-state index contributed by atoms with van der Waals surface area (Å²) in [5.41, 5.74) is 2.15. The molecule has 1 fully saturated rings. The SMILES string of the molecule is CCCN(C)C1CCCCC1c1cccc(C#N)c1. The van der Waals surface area contributed by atoms with E-state index in [1.807, 2.05) is 12.1 Å². The normalized spacial score (nSPS) is 23.3. The highest BCUT2D eigenvalue weighted by Gasteiger charge is 2.29. The lowest BCUT2D eigenvalue weighted by molar-refractivity contribution is 0.167. The fourth-order valence-corrected chi connectivity index (χ4v) is 3.39. The van der Waals surface area contributed by atoms with Crippen LogP contribution in [0.25, 0.3) is 0 Å². The minimum atomic E-state index is 0.596. The van der Waals surface area contributed by atoms with Crippen LogP contribution in [0.15, 0.2) is 24.3 Å². The zero-order valence-corrected chi connectivity index (χ0v) is 12.1. The fraction of sp³-hybridized carbons (Fsp3) is 0.588. The average molecular weight is 256 g/mol. The van der Waals surface area contributed by atoms with Crippen molar-refractivity contribution in [2.24, 2.45) is 0 Å². The Labute approximate surface area is 117 Å². The largest absolute Gasteiger partial charge is 0.303 e. The van der Waals surface area contributed by atoms with Gasteiger partial charge in [-0.2, -0.15) is 5.26 Å². The summed E-state index contributed by atoms with van der Waals surface area (Å²) < 4.78 is 0. The lowest BCUT2D eigenvalue weighted by Crippen LogP contribution is -2.39. The maximum absolute atomic E-state index is 9.06. The van der Waals surface area contributed by atoms with Gasteiger partial charge in [0.25, 0.3) is 0 Å². The van der Waals surface area contributed by atoms with Crippen LogP contribution in [0.5, 0.6) is 0 Å². The Kier molecular flexibility index (Phi) is 4.99. The van der Waals surface area contributed by atoms with Crippen molar-refractivity contribution < 1.29 is 0 Å². The number of hydrogen-bond acceptors (Lipinski definition) is 2. The number of nitriles is 1. The van der Waals surface area contributed by atoms with E-state index in [1.54, 1.807) is 0 Å². The molecule has 2 unspecified atom stereocenters. The van der Waals surface area contributed by atoms with Gasteiger partial charge < -0.3 is 4.90 Å². The van der Waals surface area contributed by atoms with E-state index < -0.39 is 0 Å². The average Bonchev–Trinajstić information content (AvgIpc) is 2.47. The summed E-state index contributed by atoms with van der Waals surface area (Å²) in [6, 6.07) is 11.1. The topological polar surface area (TPSA) is 27.0 Å². The van der Waals surface area contributed by atoms with Gasteiger partial charge in [0.15, 0.2) is 0 Å². The molecule has 1 aromatic carbocycles. The number of rotatable bonds is 4. The van der Waals surface area contributed by atoms with Crippen molar-refractivity contribution >= 4 is 0 Å². The molecule has 0 aromatic heterocycles. The Morgan fingerprint density at radius 2 is 2.11 bits per heavy atom. The highest BCUT2D eigenvalue weighted by molar-refractivity contribution is 5.35. The zero-order valence-electron chi connectivity index (χ0n) is 12.1. The second kappa shape index (κ2) is 6.73. The van der Waals surface area contributed by atoms with Crippen LogP contribution in [0.2, 0.25) is 0 Å². The molecule has 0 saturated heterocycles. The molecule has 0 amide bonds. The fourth-order valence-electron chi connectivity index (χ4n) is 3.39. The van der Waals surface area contributed by atoms with Crippen molar-refractivity contribution in [2.45, 2.75) is 51.0 Å². The predicted octanol–water partition coefficient (Wildman–Crippen LogP) is 3.93. The second-order valence-corrected chi connectivity index (χ2v) is 5.68. The Morgan fingerprint density at radius 1 is 1.32 bits per heavy atom. The highest BCUT2D eigenvalue weighted by atomic mass is 15.1. The minimum Gasteiger partial charge on any atom is -0.303 e. The number of likely N-dealkylation sites (N-methyl/N-ethyl adjacent to an activating group) is 1. The van der Waals surface area contributed by atoms with Gasteiger partial charge in [-0.05, 0) is 56.5 Å². The molecule has 102 valence electrons. The number of hydrogen-bond donors (Lipinski definition) is 0. The highest BCUT2D eigenvalue weighted by Crippen LogP contribution is 2.36. The molecular formula is C17H24N2. The van der Waals surface area contributed by atoms with Gasteiger partial charge in [0.1, 0.15) is 0 Å². The molecule has 19 heavy (non-hydrogen) atoms. The molecule has 1 aliphatic carbocycles. The van der Waals surface area contributed by atoms with Crippen LogP contribution in [0, 0.1) is 11.3 Å². The summed E-state index contributed by atoms with van der Waals surface area (Å²) in [5.74, 6) is 0.596. The van der Waals surface area contributed by atoms with Crippen molar-refractivity contribution in [3.8, 4) is 6.07 Å². The molecule has 1 saturated carbocycles. The summed E-state index contributed by atoms with van der Waals surface area (Å²) in [4.78, 5) is 2.52. The monoisotopic (exact) mass is 256 g/mol. The van der Waals surface area contributed by atoms with Crippen molar-refractivity contribution in [2.75, 3.05) is 13.6 Å². The third kappa shape index (κ3) is 3.36. The number of benzene rings is 1. The molecule has 2 heteroatoms. The lowest BCUT2D eigenvalue weighted by Gasteiger charge is -2.38. The summed E-state index contributed by atoms with van der Waals surface area (Å²) in [6.07, 6.45) is 6.41. The summed E-state index contributed by atoms with van der Waals surface area (Å²) in [5, 5.41) is 9.06. The van der Waals surface area contributed by atoms with Crippen LogP contribution in [-0.4, -0.2) is 24.5 Å². The summed E-state index contributed by atoms with van der Waals surface area (Å²) in [6.45, 7) is 3.41. The van der Waals surface area contributed by atoms with E-state index >= 15 is 0 Å². The van der Waals surface area contributed by atoms with Crippen LogP contribution in [0.3, 0.4) is 0 Å². The van der Waals surface area contributed by atoms with E-state index in [4.69, 9.17) is 5.26 Å². The van der Waals surface area contributed by atoms with Crippen molar-refractivity contribution in [1.82, 2.24) is 4.90 Å². The number of nitrogens with zero attached hydrogens (tertiary/aromatic N) is 2. The van der Waals surface area contributed by atoms with E-state index in [0.717, 1.165) is 5.56 Å². The van der Waals surface area contributed by atoms with E-state index in [9.17, 15) is 0 Å². The van der Waals surface area contributed by atoms with Gasteiger partial charge in [-0.1, -0.05) is 31.9 Å². The van der Waals surface area contributed by atoms with E-state index in [1.165, 1.54) is 44.2 Å². The van der Waals surface area contributed by atoms with Gasteiger partial charge in [-0.25, -0.2) is 0 Å². The molecule has 0 heterocycles. The first-order valence-corrected chi connectivity index (χ1v) is 7.46. The van der Waals surface area contributed by atoms with Gasteiger partial charge in [0.2, 0.25) is 0 Å². The molecule has 2 rings (SSSR count). The lowest BCUT2D eigenvalue weighted by atomic mass is 9.79. The Hall–Kier alpha value is -1.33. The third-order valence-corrected chi connectivity index (χ3v) is 4.32. The molecular weight excluding hydrogens is 232 g/mol. The molecule has 0 aliphatic heterocycles. The summed E-state index contributed by atoms with van der Waals surface area (Å²) in [7, 11) is 2.25. The van der Waals surface area contributed by atoms with Crippen LogP contribution in [0.4, 0.5) is 0 Å². The van der Waals surface area contributed by atoms with E-state index in [-0.39, 0.29) is 0 Å². The quantitative estimate of drug-likeness (QED) is 0.816. The van der Waals surface area contributed by atoms with Crippen molar-refractivity contribution in [1.29, 1.82) is 5.26 Å². The van der Waals surface area contributed by atoms with Crippen molar-refractivity contribution in [3.05, 3.63) is 35.4 Å². The van der Waals surface area contributed by atoms with Crippen LogP contribution in [-0.2, 0) is 0 Å². The van der Waals surface area contributed by atoms with Gasteiger partial charge in [-0.15, -0.1) is 0 Å². The first-order chi connectivity index (χ1) is 9.26. The smallest absolute Gasteiger partial charge is 0.0991 e. The molecule has 0 bridgehead atoms. The van der Waals surface area contributed by atoms with Crippen LogP contribution >= 0.6 is 0 Å². The van der Waals surface area contributed by atoms with Gasteiger partial charge in [0, 0.05) is 6.04 Å². The first kappa shape index (κ1) is 14.1. The van der Waals surface area contributed by atoms with Gasteiger partial charge >= 0.3 is 0 Å². The zero-order chi connectivity index (χ0) is 13.7. The molecule has 2 nitrogen and oxygen atoms in total. The molecule has 2 atom stereocenters. The maximum Gasteiger partial charge on any atom is 0.0991 e. The van der Waals surface area contributed by atoms with Crippen LogP contribution < -0.4 is 0 Å². The van der Waals surface area contributed by atoms with Crippen LogP contribution in [0.1, 0.15) is 56.1 Å². The molecule has 1 aromatic rings. The first-order valence-electron chi connectivity index (χ1n) is 7.46. The molecule has 0 N–H and O–H groups in total. The standard InChI is InChI=1S/C17H24N2/c1-3-11-19(2)17-10-5-4-9-16(17)15-8-6-7-14(12-15)13-18/h6-8,12,16-17H,3-5,9-11H2,1-2H3. The van der Waals surface area contributed by atoms with Gasteiger partial charge in [0.05, 0.1) is 11.6 Å². The predicted molar refractivity (Wildman–Crippen MR) is 79.1 cm³/mol. The Balaban J connectivity index is 2.21. The molecule has 0 spiro atoms. The Bertz CT molecular complexity index is 447. The van der Waals surface area contributed by atoms with E-state index in [0.29, 0.717) is 12.0 Å². The molecule has 1 aliphatic rings. The third-order valence-electron chi connectivity index (χ3n) is 4.32. The van der Waals surface area contributed by atoms with E-state index in [2.05, 4.69) is 37.1 Å². The van der Waals surface area contributed by atoms with Crippen molar-refractivity contribution in [3.63, 3.8) is 0 Å². The molecule has 0 radical (unpaired) electrons. The van der Waals surface area contributed by atoms with Gasteiger partial charge in [-0.3, -0.25) is 0 Å².